The lowest BCUT2D eigenvalue weighted by Gasteiger charge is -2.25. The van der Waals surface area contributed by atoms with Gasteiger partial charge in [0.15, 0.2) is 0 Å². The molecule has 6 nitrogen and oxygen atoms in total. The molecule has 7 heteroatoms. The smallest absolute Gasteiger partial charge is 0.264 e. The van der Waals surface area contributed by atoms with Crippen LogP contribution in [0, 0.1) is 6.92 Å². The number of aryl methyl sites for hydroxylation is 1. The summed E-state index contributed by atoms with van der Waals surface area (Å²) in [7, 11) is -2.46. The fraction of sp³-hybridized carbons (Fsp3) is 0.240. The predicted molar refractivity (Wildman–Crippen MR) is 128 cm³/mol. The first-order valence-electron chi connectivity index (χ1n) is 10.3. The molecule has 0 aliphatic heterocycles. The van der Waals surface area contributed by atoms with Crippen molar-refractivity contribution < 1.29 is 17.9 Å². The zero-order valence-electron chi connectivity index (χ0n) is 18.7. The Morgan fingerprint density at radius 2 is 1.66 bits per heavy atom. The first kappa shape index (κ1) is 23.3. The van der Waals surface area contributed by atoms with Gasteiger partial charge < -0.3 is 10.1 Å². The highest BCUT2D eigenvalue weighted by Crippen LogP contribution is 2.28. The first-order chi connectivity index (χ1) is 15.2. The average molecular weight is 453 g/mol. The number of para-hydroxylation sites is 2. The Morgan fingerprint density at radius 3 is 2.28 bits per heavy atom. The van der Waals surface area contributed by atoms with Crippen molar-refractivity contribution in [2.24, 2.45) is 0 Å². The molecule has 0 atom stereocenters. The number of nitrogens with one attached hydrogen (secondary N) is 1. The van der Waals surface area contributed by atoms with Crippen molar-refractivity contribution in [3.05, 3.63) is 83.9 Å². The molecule has 0 radical (unpaired) electrons. The minimum Gasteiger partial charge on any atom is -0.496 e. The van der Waals surface area contributed by atoms with Crippen molar-refractivity contribution >= 4 is 27.3 Å². The molecule has 168 valence electrons. The molecule has 0 spiro atoms. The van der Waals surface area contributed by atoms with Crippen LogP contribution in [-0.2, 0) is 14.8 Å². The van der Waals surface area contributed by atoms with Crippen LogP contribution < -0.4 is 14.4 Å². The van der Waals surface area contributed by atoms with Gasteiger partial charge in [0.05, 0.1) is 17.7 Å². The molecule has 1 amide bonds. The summed E-state index contributed by atoms with van der Waals surface area (Å²) < 4.78 is 33.5. The van der Waals surface area contributed by atoms with Gasteiger partial charge in [0.2, 0.25) is 5.91 Å². The lowest BCUT2D eigenvalue weighted by Crippen LogP contribution is -2.38. The number of ether oxygens (including phenoxy) is 1. The molecule has 0 heterocycles. The van der Waals surface area contributed by atoms with E-state index in [1.165, 1.54) is 13.2 Å². The largest absolute Gasteiger partial charge is 0.496 e. The Hall–Kier alpha value is -3.32. The topological polar surface area (TPSA) is 75.7 Å². The summed E-state index contributed by atoms with van der Waals surface area (Å²) in [5.74, 6) is 0.386. The zero-order chi connectivity index (χ0) is 23.3. The maximum atomic E-state index is 13.6. The molecule has 0 saturated heterocycles. The average Bonchev–Trinajstić information content (AvgIpc) is 2.78. The SMILES string of the molecule is COc1ccc(S(=O)(=O)N(CC(=O)Nc2ccccc2C(C)C)c2ccccc2)cc1C. The standard InChI is InChI=1S/C25H28N2O4S/c1-18(2)22-12-8-9-13-23(22)26-25(28)17-27(20-10-6-5-7-11-20)32(29,30)21-14-15-24(31-4)19(3)16-21/h5-16,18H,17H2,1-4H3,(H,26,28). The lowest BCUT2D eigenvalue weighted by atomic mass is 10.0. The Kier molecular flexibility index (Phi) is 7.20. The van der Waals surface area contributed by atoms with Gasteiger partial charge in [-0.3, -0.25) is 9.10 Å². The monoisotopic (exact) mass is 452 g/mol. The minimum absolute atomic E-state index is 0.0926. The van der Waals surface area contributed by atoms with Crippen molar-refractivity contribution in [3.63, 3.8) is 0 Å². The van der Waals surface area contributed by atoms with Gasteiger partial charge in [0.25, 0.3) is 10.0 Å². The Labute approximate surface area is 189 Å². The van der Waals surface area contributed by atoms with Crippen LogP contribution in [0.25, 0.3) is 0 Å². The van der Waals surface area contributed by atoms with E-state index in [2.05, 4.69) is 5.32 Å². The molecule has 0 bridgehead atoms. The number of carbonyl (C=O) groups excluding carboxylic acids is 1. The van der Waals surface area contributed by atoms with Crippen LogP contribution >= 0.6 is 0 Å². The summed E-state index contributed by atoms with van der Waals surface area (Å²) in [4.78, 5) is 13.1. The third-order valence-corrected chi connectivity index (χ3v) is 6.91. The van der Waals surface area contributed by atoms with E-state index in [4.69, 9.17) is 4.74 Å². The molecule has 32 heavy (non-hydrogen) atoms. The molecule has 3 aromatic rings. The third-order valence-electron chi connectivity index (χ3n) is 5.14. The van der Waals surface area contributed by atoms with Crippen LogP contribution in [0.2, 0.25) is 0 Å². The second kappa shape index (κ2) is 9.87. The van der Waals surface area contributed by atoms with Crippen molar-refractivity contribution in [2.45, 2.75) is 31.6 Å². The van der Waals surface area contributed by atoms with E-state index in [-0.39, 0.29) is 17.4 Å². The number of anilines is 2. The predicted octanol–water partition coefficient (Wildman–Crippen LogP) is 4.96. The molecule has 0 aliphatic rings. The fourth-order valence-corrected chi connectivity index (χ4v) is 4.99. The highest BCUT2D eigenvalue weighted by Gasteiger charge is 2.28. The van der Waals surface area contributed by atoms with Crippen molar-refractivity contribution in [1.29, 1.82) is 0 Å². The van der Waals surface area contributed by atoms with Gasteiger partial charge in [-0.1, -0.05) is 50.2 Å². The number of rotatable bonds is 8. The molecular weight excluding hydrogens is 424 g/mol. The molecule has 0 aromatic heterocycles. The van der Waals surface area contributed by atoms with Crippen molar-refractivity contribution in [3.8, 4) is 5.75 Å². The van der Waals surface area contributed by atoms with Crippen LogP contribution in [0.4, 0.5) is 11.4 Å². The molecule has 3 aromatic carbocycles. The number of hydrogen-bond acceptors (Lipinski definition) is 4. The Bertz CT molecular complexity index is 1190. The van der Waals surface area contributed by atoms with Gasteiger partial charge in [-0.05, 0) is 60.4 Å². The van der Waals surface area contributed by atoms with Gasteiger partial charge in [0.1, 0.15) is 12.3 Å². The molecule has 0 fully saturated rings. The van der Waals surface area contributed by atoms with Crippen LogP contribution in [0.15, 0.2) is 77.7 Å². The normalized spacial score (nSPS) is 11.3. The number of benzene rings is 3. The number of hydrogen-bond donors (Lipinski definition) is 1. The van der Waals surface area contributed by atoms with Gasteiger partial charge in [-0.25, -0.2) is 8.42 Å². The summed E-state index contributed by atoms with van der Waals surface area (Å²) in [6.45, 7) is 5.50. The number of nitrogens with zero attached hydrogens (tertiary/aromatic N) is 1. The maximum Gasteiger partial charge on any atom is 0.264 e. The fourth-order valence-electron chi connectivity index (χ4n) is 3.48. The van der Waals surface area contributed by atoms with Crippen LogP contribution in [0.3, 0.4) is 0 Å². The van der Waals surface area contributed by atoms with E-state index in [9.17, 15) is 13.2 Å². The minimum atomic E-state index is -4.00. The van der Waals surface area contributed by atoms with E-state index in [0.717, 1.165) is 9.87 Å². The van der Waals surface area contributed by atoms with Crippen LogP contribution in [0.1, 0.15) is 30.9 Å². The molecular formula is C25H28N2O4S. The molecule has 0 aliphatic carbocycles. The maximum absolute atomic E-state index is 13.6. The van der Waals surface area contributed by atoms with Gasteiger partial charge in [-0.2, -0.15) is 0 Å². The summed E-state index contributed by atoms with van der Waals surface area (Å²) >= 11 is 0. The number of methoxy groups -OCH3 is 1. The van der Waals surface area contributed by atoms with E-state index in [0.29, 0.717) is 22.7 Å². The second-order valence-corrected chi connectivity index (χ2v) is 9.63. The highest BCUT2D eigenvalue weighted by atomic mass is 32.2. The molecule has 0 saturated carbocycles. The van der Waals surface area contributed by atoms with Crippen LogP contribution in [-0.4, -0.2) is 28.0 Å². The van der Waals surface area contributed by atoms with E-state index >= 15 is 0 Å². The summed E-state index contributed by atoms with van der Waals surface area (Å²) in [5, 5.41) is 2.88. The van der Waals surface area contributed by atoms with E-state index < -0.39 is 15.9 Å². The summed E-state index contributed by atoms with van der Waals surface area (Å²) in [6.07, 6.45) is 0. The third kappa shape index (κ3) is 5.11. The Balaban J connectivity index is 1.95. The number of sulfonamides is 1. The van der Waals surface area contributed by atoms with Crippen molar-refractivity contribution in [1.82, 2.24) is 0 Å². The summed E-state index contributed by atoms with van der Waals surface area (Å²) in [6, 6.07) is 20.8. The van der Waals surface area contributed by atoms with Gasteiger partial charge in [0, 0.05) is 5.69 Å². The number of amides is 1. The van der Waals surface area contributed by atoms with Crippen molar-refractivity contribution in [2.75, 3.05) is 23.3 Å². The van der Waals surface area contributed by atoms with E-state index in [1.807, 2.05) is 38.1 Å². The number of carbonyl (C=O) groups is 1. The Morgan fingerprint density at radius 1 is 1.00 bits per heavy atom. The lowest BCUT2D eigenvalue weighted by molar-refractivity contribution is -0.114. The second-order valence-electron chi connectivity index (χ2n) is 7.77. The van der Waals surface area contributed by atoms with Crippen LogP contribution in [0.5, 0.6) is 5.75 Å². The van der Waals surface area contributed by atoms with Gasteiger partial charge in [-0.15, -0.1) is 0 Å². The summed E-state index contributed by atoms with van der Waals surface area (Å²) in [5.41, 5.74) is 2.77. The first-order valence-corrected chi connectivity index (χ1v) is 11.8. The van der Waals surface area contributed by atoms with Gasteiger partial charge >= 0.3 is 0 Å². The molecule has 0 unspecified atom stereocenters. The molecule has 3 rings (SSSR count). The molecule has 1 N–H and O–H groups in total. The zero-order valence-corrected chi connectivity index (χ0v) is 19.5. The quantitative estimate of drug-likeness (QED) is 0.524. The highest BCUT2D eigenvalue weighted by molar-refractivity contribution is 7.92. The van der Waals surface area contributed by atoms with E-state index in [1.54, 1.807) is 49.4 Å².